The third-order valence-corrected chi connectivity index (χ3v) is 5.86. The average molecular weight is 433 g/mol. The van der Waals surface area contributed by atoms with Crippen LogP contribution in [0.15, 0.2) is 65.5 Å². The van der Waals surface area contributed by atoms with Crippen LogP contribution in [0, 0.1) is 0 Å². The van der Waals surface area contributed by atoms with Gasteiger partial charge in [-0.1, -0.05) is 42.5 Å². The molecule has 6 nitrogen and oxygen atoms in total. The van der Waals surface area contributed by atoms with Crippen LogP contribution in [-0.2, 0) is 4.74 Å². The lowest BCUT2D eigenvalue weighted by molar-refractivity contribution is 0.0529. The van der Waals surface area contributed by atoms with Crippen LogP contribution in [0.1, 0.15) is 38.9 Å². The Morgan fingerprint density at radius 2 is 1.77 bits per heavy atom. The number of methoxy groups -OCH3 is 1. The largest absolute Gasteiger partial charge is 0.497 e. The fourth-order valence-corrected chi connectivity index (χ4v) is 4.36. The van der Waals surface area contributed by atoms with Crippen molar-refractivity contribution in [3.63, 3.8) is 0 Å². The Hall–Kier alpha value is -3.71. The smallest absolute Gasteiger partial charge is 0.341 e. The molecular weight excluding hydrogens is 414 g/mol. The van der Waals surface area contributed by atoms with E-state index in [0.717, 1.165) is 16.9 Å². The van der Waals surface area contributed by atoms with Crippen molar-refractivity contribution in [2.75, 3.05) is 13.7 Å². The van der Waals surface area contributed by atoms with Crippen LogP contribution in [0.5, 0.6) is 5.75 Å². The number of ketones is 1. The number of aromatic nitrogens is 1. The summed E-state index contributed by atoms with van der Waals surface area (Å²) < 4.78 is 12.0. The molecule has 4 rings (SSSR count). The number of benzene rings is 2. The van der Waals surface area contributed by atoms with Crippen molar-refractivity contribution in [3.05, 3.63) is 97.9 Å². The number of nitrogens with zero attached hydrogens (tertiary/aromatic N) is 1. The zero-order chi connectivity index (χ0) is 22.0. The van der Waals surface area contributed by atoms with Gasteiger partial charge in [0.05, 0.1) is 29.5 Å². The molecule has 0 aliphatic heterocycles. The maximum absolute atomic E-state index is 13.2. The second-order valence-corrected chi connectivity index (χ2v) is 7.72. The van der Waals surface area contributed by atoms with E-state index < -0.39 is 5.97 Å². The molecular formula is C24H19NO5S. The number of carbonyl (C=O) groups is 2. The Bertz CT molecular complexity index is 1370. The predicted octanol–water partition coefficient (Wildman–Crippen LogP) is 3.33. The summed E-state index contributed by atoms with van der Waals surface area (Å²) in [6, 6.07) is 17.3. The fourth-order valence-electron chi connectivity index (χ4n) is 3.26. The van der Waals surface area contributed by atoms with Crippen molar-refractivity contribution >= 4 is 34.0 Å². The molecule has 0 unspecified atom stereocenters. The molecule has 0 aliphatic carbocycles. The molecule has 31 heavy (non-hydrogen) atoms. The lowest BCUT2D eigenvalue weighted by atomic mass is 10.1. The van der Waals surface area contributed by atoms with Gasteiger partial charge in [0.25, 0.3) is 5.56 Å². The van der Waals surface area contributed by atoms with Crippen LogP contribution in [-0.4, -0.2) is 29.9 Å². The van der Waals surface area contributed by atoms with Gasteiger partial charge in [-0.3, -0.25) is 14.0 Å². The molecule has 0 amide bonds. The molecule has 0 bridgehead atoms. The minimum absolute atomic E-state index is 0.139. The Morgan fingerprint density at radius 3 is 2.42 bits per heavy atom. The van der Waals surface area contributed by atoms with E-state index in [1.54, 1.807) is 62.6 Å². The van der Waals surface area contributed by atoms with Gasteiger partial charge >= 0.3 is 5.97 Å². The SMILES string of the molecule is CCOC(=O)c1cc(C(=O)c2ccccc2)n2c(=O)/c(=C\c3ccc(OC)cc3)sc12. The minimum Gasteiger partial charge on any atom is -0.497 e. The number of esters is 1. The molecule has 2 heterocycles. The van der Waals surface area contributed by atoms with Gasteiger partial charge in [-0.05, 0) is 36.8 Å². The fraction of sp³-hybridized carbons (Fsp3) is 0.125. The molecule has 2 aromatic carbocycles. The van der Waals surface area contributed by atoms with Gasteiger partial charge in [-0.25, -0.2) is 4.79 Å². The molecule has 0 saturated heterocycles. The number of rotatable bonds is 6. The highest BCUT2D eigenvalue weighted by molar-refractivity contribution is 7.15. The highest BCUT2D eigenvalue weighted by Gasteiger charge is 2.24. The predicted molar refractivity (Wildman–Crippen MR) is 119 cm³/mol. The number of thiazole rings is 1. The van der Waals surface area contributed by atoms with E-state index in [-0.39, 0.29) is 29.2 Å². The lowest BCUT2D eigenvalue weighted by Crippen LogP contribution is -2.25. The molecule has 0 spiro atoms. The van der Waals surface area contributed by atoms with Gasteiger partial charge in [-0.2, -0.15) is 0 Å². The molecule has 0 aliphatic rings. The quantitative estimate of drug-likeness (QED) is 0.345. The third kappa shape index (κ3) is 3.87. The zero-order valence-corrected chi connectivity index (χ0v) is 17.8. The Morgan fingerprint density at radius 1 is 1.06 bits per heavy atom. The molecule has 0 atom stereocenters. The topological polar surface area (TPSA) is 74.1 Å². The summed E-state index contributed by atoms with van der Waals surface area (Å²) in [5, 5.41) is 0. The van der Waals surface area contributed by atoms with Crippen LogP contribution in [0.25, 0.3) is 10.9 Å². The summed E-state index contributed by atoms with van der Waals surface area (Å²) in [5.74, 6) is -0.194. The van der Waals surface area contributed by atoms with Crippen molar-refractivity contribution in [3.8, 4) is 5.75 Å². The second kappa shape index (κ2) is 8.57. The molecule has 0 fully saturated rings. The molecule has 0 N–H and O–H groups in total. The molecule has 156 valence electrons. The van der Waals surface area contributed by atoms with Crippen molar-refractivity contribution in [1.29, 1.82) is 0 Å². The molecule has 7 heteroatoms. The van der Waals surface area contributed by atoms with Crippen molar-refractivity contribution in [2.24, 2.45) is 0 Å². The van der Waals surface area contributed by atoms with Crippen molar-refractivity contribution in [2.45, 2.75) is 6.92 Å². The Balaban J connectivity index is 1.92. The Kier molecular flexibility index (Phi) is 5.68. The second-order valence-electron chi connectivity index (χ2n) is 6.69. The summed E-state index contributed by atoms with van der Waals surface area (Å²) in [5.41, 5.74) is 1.22. The van der Waals surface area contributed by atoms with Crippen LogP contribution in [0.4, 0.5) is 0 Å². The zero-order valence-electron chi connectivity index (χ0n) is 17.0. The first-order chi connectivity index (χ1) is 15.0. The first kappa shape index (κ1) is 20.6. The maximum Gasteiger partial charge on any atom is 0.341 e. The van der Waals surface area contributed by atoms with E-state index >= 15 is 0 Å². The molecule has 0 saturated carbocycles. The number of hydrogen-bond acceptors (Lipinski definition) is 6. The summed E-state index contributed by atoms with van der Waals surface area (Å²) in [6.07, 6.45) is 1.73. The normalized spacial score (nSPS) is 11.6. The van der Waals surface area contributed by atoms with Crippen LogP contribution in [0.3, 0.4) is 0 Å². The van der Waals surface area contributed by atoms with E-state index in [4.69, 9.17) is 9.47 Å². The first-order valence-electron chi connectivity index (χ1n) is 9.64. The standard InChI is InChI=1S/C24H19NO5S/c1-3-30-24(28)18-14-19(21(26)16-7-5-4-6-8-16)25-22(27)20(31-23(18)25)13-15-9-11-17(29-2)12-10-15/h4-14H,3H2,1-2H3/b20-13+. The van der Waals surface area contributed by atoms with Gasteiger partial charge < -0.3 is 9.47 Å². The monoisotopic (exact) mass is 433 g/mol. The summed E-state index contributed by atoms with van der Waals surface area (Å²) in [7, 11) is 1.58. The van der Waals surface area contributed by atoms with Gasteiger partial charge in [0, 0.05) is 5.56 Å². The third-order valence-electron chi connectivity index (χ3n) is 4.75. The maximum atomic E-state index is 13.2. The highest BCUT2D eigenvalue weighted by atomic mass is 32.1. The molecule has 4 aromatic rings. The molecule has 2 aromatic heterocycles. The highest BCUT2D eigenvalue weighted by Crippen LogP contribution is 2.22. The van der Waals surface area contributed by atoms with Crippen LogP contribution >= 0.6 is 11.3 Å². The number of ether oxygens (including phenoxy) is 2. The van der Waals surface area contributed by atoms with E-state index in [0.29, 0.717) is 20.7 Å². The van der Waals surface area contributed by atoms with Crippen molar-refractivity contribution < 1.29 is 19.1 Å². The van der Waals surface area contributed by atoms with Crippen molar-refractivity contribution in [1.82, 2.24) is 4.40 Å². The minimum atomic E-state index is -0.565. The van der Waals surface area contributed by atoms with E-state index in [1.165, 1.54) is 10.5 Å². The van der Waals surface area contributed by atoms with Gasteiger partial charge in [0.1, 0.15) is 10.6 Å². The Labute approximate surface area is 182 Å². The first-order valence-corrected chi connectivity index (χ1v) is 10.5. The van der Waals surface area contributed by atoms with E-state index in [2.05, 4.69) is 0 Å². The van der Waals surface area contributed by atoms with Crippen LogP contribution in [0.2, 0.25) is 0 Å². The number of hydrogen-bond donors (Lipinski definition) is 0. The summed E-state index contributed by atoms with van der Waals surface area (Å²) in [4.78, 5) is 39.2. The number of fused-ring (bicyclic) bond motifs is 1. The lowest BCUT2D eigenvalue weighted by Gasteiger charge is -1.99. The molecule has 0 radical (unpaired) electrons. The van der Waals surface area contributed by atoms with E-state index in [1.807, 2.05) is 12.1 Å². The summed E-state index contributed by atoms with van der Waals surface area (Å²) in [6.45, 7) is 1.90. The number of carbonyl (C=O) groups excluding carboxylic acids is 2. The van der Waals surface area contributed by atoms with Gasteiger partial charge in [-0.15, -0.1) is 11.3 Å². The summed E-state index contributed by atoms with van der Waals surface area (Å²) >= 11 is 1.15. The van der Waals surface area contributed by atoms with Gasteiger partial charge in [0.15, 0.2) is 0 Å². The average Bonchev–Trinajstić information content (AvgIpc) is 3.32. The van der Waals surface area contributed by atoms with Crippen LogP contribution < -0.4 is 14.8 Å². The van der Waals surface area contributed by atoms with Gasteiger partial charge in [0.2, 0.25) is 5.78 Å². The van der Waals surface area contributed by atoms with E-state index in [9.17, 15) is 14.4 Å².